The third kappa shape index (κ3) is 3.83. The molecule has 0 radical (unpaired) electrons. The lowest BCUT2D eigenvalue weighted by Gasteiger charge is -2.16. The number of amides is 1. The largest absolute Gasteiger partial charge is 0.353 e. The standard InChI is InChI=1S/C19H21N3O2.ClH/c1-13(20-2)11-21-18(23)12-22-16-9-5-3-7-14(16)19(24)15-8-4-6-10-17(15)22;/h3-10,13,20H,11-12H2,1-2H3,(H,21,23);1H. The molecule has 0 aliphatic carbocycles. The molecule has 6 heteroatoms. The number of likely N-dealkylation sites (N-methyl/N-ethyl adjacent to an activating group) is 1. The van der Waals surface area contributed by atoms with Crippen LogP contribution in [0.25, 0.3) is 21.8 Å². The number of nitrogens with one attached hydrogen (secondary N) is 2. The maximum absolute atomic E-state index is 12.7. The number of hydrogen-bond acceptors (Lipinski definition) is 3. The second-order valence-electron chi connectivity index (χ2n) is 5.94. The monoisotopic (exact) mass is 359 g/mol. The minimum absolute atomic E-state index is 0. The molecule has 3 rings (SSSR count). The van der Waals surface area contributed by atoms with E-state index in [0.717, 1.165) is 11.0 Å². The Bertz CT molecular complexity index is 892. The number of carbonyl (C=O) groups excluding carboxylic acids is 1. The van der Waals surface area contributed by atoms with E-state index in [0.29, 0.717) is 17.3 Å². The summed E-state index contributed by atoms with van der Waals surface area (Å²) in [4.78, 5) is 25.0. The normalized spacial score (nSPS) is 11.9. The van der Waals surface area contributed by atoms with Crippen LogP contribution in [-0.4, -0.2) is 30.1 Å². The summed E-state index contributed by atoms with van der Waals surface area (Å²) in [6, 6.07) is 15.0. The van der Waals surface area contributed by atoms with Gasteiger partial charge in [0.25, 0.3) is 0 Å². The molecule has 0 bridgehead atoms. The van der Waals surface area contributed by atoms with Crippen LogP contribution in [0.15, 0.2) is 53.3 Å². The Kier molecular flexibility index (Phi) is 6.17. The van der Waals surface area contributed by atoms with Crippen LogP contribution in [0.3, 0.4) is 0 Å². The zero-order chi connectivity index (χ0) is 17.1. The van der Waals surface area contributed by atoms with Crippen molar-refractivity contribution in [1.29, 1.82) is 0 Å². The highest BCUT2D eigenvalue weighted by Crippen LogP contribution is 2.18. The zero-order valence-corrected chi connectivity index (χ0v) is 15.1. The van der Waals surface area contributed by atoms with Crippen LogP contribution in [0.1, 0.15) is 6.92 Å². The summed E-state index contributed by atoms with van der Waals surface area (Å²) in [5.41, 5.74) is 1.55. The molecule has 2 N–H and O–H groups in total. The molecular weight excluding hydrogens is 338 g/mol. The van der Waals surface area contributed by atoms with Crippen molar-refractivity contribution in [3.8, 4) is 0 Å². The van der Waals surface area contributed by atoms with E-state index < -0.39 is 0 Å². The van der Waals surface area contributed by atoms with Gasteiger partial charge in [-0.05, 0) is 38.2 Å². The first-order chi connectivity index (χ1) is 11.6. The molecule has 1 heterocycles. The predicted octanol–water partition coefficient (Wildman–Crippen LogP) is 2.30. The fraction of sp³-hybridized carbons (Fsp3) is 0.263. The zero-order valence-electron chi connectivity index (χ0n) is 14.3. The molecule has 0 spiro atoms. The van der Waals surface area contributed by atoms with Gasteiger partial charge in [0, 0.05) is 23.4 Å². The average Bonchev–Trinajstić information content (AvgIpc) is 2.63. The highest BCUT2D eigenvalue weighted by Gasteiger charge is 2.12. The van der Waals surface area contributed by atoms with Crippen molar-refractivity contribution in [3.05, 3.63) is 58.8 Å². The number of para-hydroxylation sites is 2. The molecule has 5 nitrogen and oxygen atoms in total. The second kappa shape index (κ2) is 8.14. The Morgan fingerprint density at radius 3 is 2.08 bits per heavy atom. The Labute approximate surface area is 152 Å². The molecule has 1 amide bonds. The molecule has 25 heavy (non-hydrogen) atoms. The number of fused-ring (bicyclic) bond motifs is 2. The van der Waals surface area contributed by atoms with Gasteiger partial charge in [0.15, 0.2) is 5.43 Å². The third-order valence-corrected chi connectivity index (χ3v) is 4.28. The summed E-state index contributed by atoms with van der Waals surface area (Å²) in [5, 5.41) is 7.28. The van der Waals surface area contributed by atoms with Crippen molar-refractivity contribution < 1.29 is 4.79 Å². The second-order valence-corrected chi connectivity index (χ2v) is 5.94. The van der Waals surface area contributed by atoms with E-state index in [-0.39, 0.29) is 36.3 Å². The van der Waals surface area contributed by atoms with Gasteiger partial charge < -0.3 is 15.2 Å². The van der Waals surface area contributed by atoms with Crippen LogP contribution >= 0.6 is 12.4 Å². The quantitative estimate of drug-likeness (QED) is 0.687. The van der Waals surface area contributed by atoms with Gasteiger partial charge in [-0.25, -0.2) is 0 Å². The Morgan fingerprint density at radius 1 is 1.04 bits per heavy atom. The van der Waals surface area contributed by atoms with E-state index >= 15 is 0 Å². The molecule has 132 valence electrons. The van der Waals surface area contributed by atoms with E-state index in [1.165, 1.54) is 0 Å². The van der Waals surface area contributed by atoms with Crippen LogP contribution in [-0.2, 0) is 11.3 Å². The van der Waals surface area contributed by atoms with Crippen LogP contribution in [0.4, 0.5) is 0 Å². The predicted molar refractivity (Wildman–Crippen MR) is 104 cm³/mol. The van der Waals surface area contributed by atoms with E-state index in [1.54, 1.807) is 0 Å². The molecule has 0 saturated carbocycles. The van der Waals surface area contributed by atoms with Gasteiger partial charge in [-0.3, -0.25) is 9.59 Å². The van der Waals surface area contributed by atoms with Crippen molar-refractivity contribution in [1.82, 2.24) is 15.2 Å². The van der Waals surface area contributed by atoms with Crippen LogP contribution in [0, 0.1) is 0 Å². The Balaban J connectivity index is 0.00000225. The van der Waals surface area contributed by atoms with Crippen LogP contribution in [0.5, 0.6) is 0 Å². The van der Waals surface area contributed by atoms with Crippen LogP contribution in [0.2, 0.25) is 0 Å². The lowest BCUT2D eigenvalue weighted by atomic mass is 10.1. The molecule has 0 fully saturated rings. The van der Waals surface area contributed by atoms with Crippen molar-refractivity contribution >= 4 is 40.1 Å². The number of benzene rings is 2. The average molecular weight is 360 g/mol. The van der Waals surface area contributed by atoms with Gasteiger partial charge in [-0.2, -0.15) is 0 Å². The molecule has 0 aliphatic heterocycles. The van der Waals surface area contributed by atoms with E-state index in [1.807, 2.05) is 67.1 Å². The van der Waals surface area contributed by atoms with Gasteiger partial charge in [0.1, 0.15) is 6.54 Å². The number of hydrogen-bond donors (Lipinski definition) is 2. The number of nitrogens with zero attached hydrogens (tertiary/aromatic N) is 1. The number of halogens is 1. The number of aromatic nitrogens is 1. The molecule has 0 saturated heterocycles. The van der Waals surface area contributed by atoms with Crippen molar-refractivity contribution in [2.24, 2.45) is 0 Å². The van der Waals surface area contributed by atoms with Gasteiger partial charge in [-0.1, -0.05) is 24.3 Å². The van der Waals surface area contributed by atoms with Crippen molar-refractivity contribution in [3.63, 3.8) is 0 Å². The summed E-state index contributed by atoms with van der Waals surface area (Å²) in [6.45, 7) is 2.74. The van der Waals surface area contributed by atoms with E-state index in [4.69, 9.17) is 0 Å². The molecule has 2 aromatic carbocycles. The first-order valence-corrected chi connectivity index (χ1v) is 8.06. The molecule has 1 unspecified atom stereocenters. The maximum atomic E-state index is 12.7. The summed E-state index contributed by atoms with van der Waals surface area (Å²) in [5.74, 6) is -0.0731. The fourth-order valence-corrected chi connectivity index (χ4v) is 2.82. The molecule has 3 aromatic rings. The number of pyridine rings is 1. The van der Waals surface area contributed by atoms with E-state index in [9.17, 15) is 9.59 Å². The van der Waals surface area contributed by atoms with Crippen LogP contribution < -0.4 is 16.1 Å². The van der Waals surface area contributed by atoms with Gasteiger partial charge in [-0.15, -0.1) is 12.4 Å². The minimum Gasteiger partial charge on any atom is -0.353 e. The summed E-state index contributed by atoms with van der Waals surface area (Å²) in [7, 11) is 1.86. The van der Waals surface area contributed by atoms with Crippen molar-refractivity contribution in [2.45, 2.75) is 19.5 Å². The van der Waals surface area contributed by atoms with E-state index in [2.05, 4.69) is 10.6 Å². The Hall–Kier alpha value is -2.37. The molecular formula is C19H22ClN3O2. The molecule has 0 aliphatic rings. The first kappa shape index (κ1) is 19.0. The number of carbonyl (C=O) groups is 1. The SMILES string of the molecule is CNC(C)CNC(=O)Cn1c2ccccc2c(=O)c2ccccc21.Cl. The topological polar surface area (TPSA) is 63.1 Å². The lowest BCUT2D eigenvalue weighted by molar-refractivity contribution is -0.121. The summed E-state index contributed by atoms with van der Waals surface area (Å²) < 4.78 is 1.91. The molecule has 1 atom stereocenters. The smallest absolute Gasteiger partial charge is 0.240 e. The maximum Gasteiger partial charge on any atom is 0.240 e. The minimum atomic E-state index is -0.0731. The van der Waals surface area contributed by atoms with Gasteiger partial charge >= 0.3 is 0 Å². The van der Waals surface area contributed by atoms with Gasteiger partial charge in [0.2, 0.25) is 5.91 Å². The Morgan fingerprint density at radius 2 is 1.56 bits per heavy atom. The van der Waals surface area contributed by atoms with Gasteiger partial charge in [0.05, 0.1) is 11.0 Å². The fourth-order valence-electron chi connectivity index (χ4n) is 2.82. The third-order valence-electron chi connectivity index (χ3n) is 4.28. The first-order valence-electron chi connectivity index (χ1n) is 8.06. The summed E-state index contributed by atoms with van der Waals surface area (Å²) >= 11 is 0. The van der Waals surface area contributed by atoms with Crippen molar-refractivity contribution in [2.75, 3.05) is 13.6 Å². The lowest BCUT2D eigenvalue weighted by Crippen LogP contribution is -2.38. The highest BCUT2D eigenvalue weighted by atomic mass is 35.5. The number of rotatable bonds is 5. The highest BCUT2D eigenvalue weighted by molar-refractivity contribution is 5.94. The summed E-state index contributed by atoms with van der Waals surface area (Å²) in [6.07, 6.45) is 0. The molecule has 1 aromatic heterocycles.